The van der Waals surface area contributed by atoms with Crippen LogP contribution in [0.2, 0.25) is 0 Å². The van der Waals surface area contributed by atoms with Gasteiger partial charge in [-0.05, 0) is 54.8 Å². The van der Waals surface area contributed by atoms with Crippen LogP contribution in [-0.2, 0) is 6.54 Å². The van der Waals surface area contributed by atoms with Crippen LogP contribution in [0.4, 0.5) is 19.6 Å². The van der Waals surface area contributed by atoms with Gasteiger partial charge in [-0.1, -0.05) is 28.1 Å². The van der Waals surface area contributed by atoms with Crippen molar-refractivity contribution in [3.8, 4) is 0 Å². The molecule has 130 valence electrons. The Labute approximate surface area is 161 Å². The Hall–Kier alpha value is -1.64. The van der Waals surface area contributed by atoms with Crippen molar-refractivity contribution in [1.82, 2.24) is 4.98 Å². The number of hydrogen-bond donors (Lipinski definition) is 2. The van der Waals surface area contributed by atoms with Crippen LogP contribution in [0.5, 0.6) is 0 Å². The van der Waals surface area contributed by atoms with E-state index < -0.39 is 5.95 Å². The van der Waals surface area contributed by atoms with Gasteiger partial charge in [0.2, 0.25) is 5.95 Å². The van der Waals surface area contributed by atoms with Gasteiger partial charge >= 0.3 is 0 Å². The fraction of sp³-hybridized carbons (Fsp3) is 0.118. The van der Waals surface area contributed by atoms with Crippen LogP contribution in [0, 0.1) is 18.7 Å². The summed E-state index contributed by atoms with van der Waals surface area (Å²) in [4.78, 5) is 3.76. The largest absolute Gasteiger partial charge is 0.372 e. The standard InChI is InChI=1S/C17H14BrF2N3S2/c1-10-8-16(25-23-15-7-3-6-14(20)22-15)24-17(10)21-9-11-12(18)4-2-5-13(11)19/h2-8,21H,9H2,1H3,(H,22,23). The van der Waals surface area contributed by atoms with Gasteiger partial charge < -0.3 is 10.0 Å². The molecule has 0 bridgehead atoms. The molecule has 25 heavy (non-hydrogen) atoms. The zero-order chi connectivity index (χ0) is 17.8. The number of halogens is 3. The average molecular weight is 442 g/mol. The van der Waals surface area contributed by atoms with E-state index in [0.29, 0.717) is 17.9 Å². The number of aryl methyl sites for hydroxylation is 1. The third-order valence-corrected chi connectivity index (χ3v) is 6.22. The molecule has 0 atom stereocenters. The summed E-state index contributed by atoms with van der Waals surface area (Å²) in [5.74, 6) is -0.309. The highest BCUT2D eigenvalue weighted by atomic mass is 79.9. The maximum atomic E-state index is 13.9. The number of nitrogens with zero attached hydrogens (tertiary/aromatic N) is 1. The second-order valence-electron chi connectivity index (χ2n) is 5.18. The summed E-state index contributed by atoms with van der Waals surface area (Å²) in [5.41, 5.74) is 1.65. The van der Waals surface area contributed by atoms with Crippen molar-refractivity contribution < 1.29 is 8.78 Å². The molecule has 3 aromatic rings. The monoisotopic (exact) mass is 441 g/mol. The van der Waals surface area contributed by atoms with Gasteiger partial charge in [-0.2, -0.15) is 4.39 Å². The minimum atomic E-state index is -0.522. The zero-order valence-corrected chi connectivity index (χ0v) is 16.4. The first-order valence-electron chi connectivity index (χ1n) is 7.35. The van der Waals surface area contributed by atoms with Crippen LogP contribution in [-0.4, -0.2) is 4.98 Å². The molecule has 0 amide bonds. The van der Waals surface area contributed by atoms with Crippen LogP contribution in [0.25, 0.3) is 0 Å². The molecule has 0 saturated carbocycles. The van der Waals surface area contributed by atoms with E-state index in [2.05, 4.69) is 31.0 Å². The summed E-state index contributed by atoms with van der Waals surface area (Å²) >= 11 is 6.28. The Kier molecular flexibility index (Phi) is 5.93. The lowest BCUT2D eigenvalue weighted by Crippen LogP contribution is -2.02. The van der Waals surface area contributed by atoms with Gasteiger partial charge in [0.05, 0.1) is 9.21 Å². The highest BCUT2D eigenvalue weighted by Crippen LogP contribution is 2.35. The minimum absolute atomic E-state index is 0.246. The molecule has 2 aromatic heterocycles. The number of hydrogen-bond acceptors (Lipinski definition) is 5. The van der Waals surface area contributed by atoms with Crippen LogP contribution >= 0.6 is 39.2 Å². The lowest BCUT2D eigenvalue weighted by molar-refractivity contribution is 0.586. The Morgan fingerprint density at radius 2 is 2.00 bits per heavy atom. The van der Waals surface area contributed by atoms with Crippen molar-refractivity contribution in [2.24, 2.45) is 0 Å². The molecular formula is C17H14BrF2N3S2. The summed E-state index contributed by atoms with van der Waals surface area (Å²) in [6.45, 7) is 2.37. The third-order valence-electron chi connectivity index (χ3n) is 3.35. The van der Waals surface area contributed by atoms with E-state index in [0.717, 1.165) is 19.2 Å². The molecule has 2 N–H and O–H groups in total. The Morgan fingerprint density at radius 1 is 1.20 bits per heavy atom. The van der Waals surface area contributed by atoms with E-state index in [1.54, 1.807) is 29.5 Å². The lowest BCUT2D eigenvalue weighted by Gasteiger charge is -2.08. The Morgan fingerprint density at radius 3 is 2.76 bits per heavy atom. The Balaban J connectivity index is 1.64. The molecule has 0 aliphatic heterocycles. The number of rotatable bonds is 6. The third kappa shape index (κ3) is 4.71. The van der Waals surface area contributed by atoms with E-state index >= 15 is 0 Å². The topological polar surface area (TPSA) is 37.0 Å². The molecule has 3 nitrogen and oxygen atoms in total. The van der Waals surface area contributed by atoms with Crippen LogP contribution in [0.3, 0.4) is 0 Å². The van der Waals surface area contributed by atoms with Gasteiger partial charge in [0.15, 0.2) is 0 Å². The molecule has 8 heteroatoms. The summed E-state index contributed by atoms with van der Waals surface area (Å²) < 4.78 is 31.7. The normalized spacial score (nSPS) is 10.7. The van der Waals surface area contributed by atoms with Crippen LogP contribution in [0.15, 0.2) is 51.1 Å². The molecule has 0 unspecified atom stereocenters. The summed E-state index contributed by atoms with van der Waals surface area (Å²) in [7, 11) is 0. The smallest absolute Gasteiger partial charge is 0.214 e. The number of benzene rings is 1. The quantitative estimate of drug-likeness (QED) is 0.351. The van der Waals surface area contributed by atoms with Crippen LogP contribution in [0.1, 0.15) is 11.1 Å². The van der Waals surface area contributed by atoms with Crippen molar-refractivity contribution >= 4 is 50.0 Å². The summed E-state index contributed by atoms with van der Waals surface area (Å²) in [6.07, 6.45) is 0. The molecule has 0 radical (unpaired) electrons. The predicted octanol–water partition coefficient (Wildman–Crippen LogP) is 6.22. The van der Waals surface area contributed by atoms with Crippen molar-refractivity contribution in [2.75, 3.05) is 10.0 Å². The molecule has 1 aromatic carbocycles. The first-order chi connectivity index (χ1) is 12.0. The second-order valence-corrected chi connectivity index (χ2v) is 8.19. The fourth-order valence-electron chi connectivity index (χ4n) is 2.12. The van der Waals surface area contributed by atoms with Gasteiger partial charge in [-0.25, -0.2) is 9.37 Å². The number of anilines is 2. The summed E-state index contributed by atoms with van der Waals surface area (Å²) in [5, 5.41) is 4.23. The van der Waals surface area contributed by atoms with Gasteiger partial charge in [-0.15, -0.1) is 11.3 Å². The number of thiophene rings is 1. The molecule has 0 aliphatic rings. The van der Waals surface area contributed by atoms with Gasteiger partial charge in [-0.3, -0.25) is 0 Å². The number of pyridine rings is 1. The first-order valence-corrected chi connectivity index (χ1v) is 9.78. The molecule has 2 heterocycles. The Bertz CT molecular complexity index is 866. The molecule has 0 spiro atoms. The van der Waals surface area contributed by atoms with E-state index in [1.165, 1.54) is 24.1 Å². The van der Waals surface area contributed by atoms with E-state index in [-0.39, 0.29) is 5.82 Å². The maximum absolute atomic E-state index is 13.9. The molecule has 0 saturated heterocycles. The summed E-state index contributed by atoms with van der Waals surface area (Å²) in [6, 6.07) is 11.5. The van der Waals surface area contributed by atoms with Gasteiger partial charge in [0.1, 0.15) is 11.6 Å². The van der Waals surface area contributed by atoms with Crippen molar-refractivity contribution in [3.05, 3.63) is 69.8 Å². The van der Waals surface area contributed by atoms with Crippen molar-refractivity contribution in [2.45, 2.75) is 17.7 Å². The molecule has 3 rings (SSSR count). The van der Waals surface area contributed by atoms with E-state index in [4.69, 9.17) is 0 Å². The first kappa shape index (κ1) is 18.2. The molecule has 0 aliphatic carbocycles. The predicted molar refractivity (Wildman–Crippen MR) is 104 cm³/mol. The average Bonchev–Trinajstić information content (AvgIpc) is 2.93. The molecule has 0 fully saturated rings. The van der Waals surface area contributed by atoms with Gasteiger partial charge in [0.25, 0.3) is 0 Å². The van der Waals surface area contributed by atoms with E-state index in [1.807, 2.05) is 19.1 Å². The number of nitrogens with one attached hydrogen (secondary N) is 2. The van der Waals surface area contributed by atoms with Crippen LogP contribution < -0.4 is 10.0 Å². The van der Waals surface area contributed by atoms with Crippen molar-refractivity contribution in [3.63, 3.8) is 0 Å². The fourth-order valence-corrected chi connectivity index (χ4v) is 4.50. The second kappa shape index (κ2) is 8.16. The van der Waals surface area contributed by atoms with Gasteiger partial charge in [0, 0.05) is 16.6 Å². The lowest BCUT2D eigenvalue weighted by atomic mass is 10.2. The maximum Gasteiger partial charge on any atom is 0.214 e. The zero-order valence-electron chi connectivity index (χ0n) is 13.1. The van der Waals surface area contributed by atoms with Crippen molar-refractivity contribution in [1.29, 1.82) is 0 Å². The molecular weight excluding hydrogens is 428 g/mol. The van der Waals surface area contributed by atoms with E-state index in [9.17, 15) is 8.78 Å². The SMILES string of the molecule is Cc1cc(SNc2cccc(F)n2)sc1NCc1c(F)cccc1Br. The number of aromatic nitrogens is 1. The highest BCUT2D eigenvalue weighted by Gasteiger charge is 2.10. The minimum Gasteiger partial charge on any atom is -0.372 e. The highest BCUT2D eigenvalue weighted by molar-refractivity contribution is 9.10.